The average Bonchev–Trinajstić information content (AvgIpc) is 3.25. The van der Waals surface area contributed by atoms with E-state index in [9.17, 15) is 9.59 Å². The number of hydrogen-bond donors (Lipinski definition) is 2. The second-order valence-corrected chi connectivity index (χ2v) is 6.62. The molecule has 0 unspecified atom stereocenters. The van der Waals surface area contributed by atoms with Gasteiger partial charge in [0.25, 0.3) is 0 Å². The predicted octanol–water partition coefficient (Wildman–Crippen LogP) is 1.91. The molecule has 0 radical (unpaired) electrons. The molecule has 0 bridgehead atoms. The van der Waals surface area contributed by atoms with Gasteiger partial charge < -0.3 is 16.0 Å². The lowest BCUT2D eigenvalue weighted by molar-refractivity contribution is -0.120. The van der Waals surface area contributed by atoms with E-state index in [0.29, 0.717) is 0 Å². The molecule has 1 heterocycles. The SMILES string of the molecule is CC(C)[C@H](N)C(=O)Nc1ccc2c(c1)CCN2C(=O)C1CC1. The van der Waals surface area contributed by atoms with Crippen LogP contribution in [-0.2, 0) is 16.0 Å². The number of anilines is 2. The van der Waals surface area contributed by atoms with Gasteiger partial charge in [-0.3, -0.25) is 9.59 Å². The van der Waals surface area contributed by atoms with Gasteiger partial charge in [0.15, 0.2) is 0 Å². The van der Waals surface area contributed by atoms with Crippen LogP contribution in [0.2, 0.25) is 0 Å². The molecule has 2 amide bonds. The first-order valence-electron chi connectivity index (χ1n) is 7.98. The van der Waals surface area contributed by atoms with Crippen LogP contribution in [0.4, 0.5) is 11.4 Å². The number of benzene rings is 1. The van der Waals surface area contributed by atoms with Crippen molar-refractivity contribution in [2.75, 3.05) is 16.8 Å². The van der Waals surface area contributed by atoms with E-state index in [0.717, 1.165) is 42.7 Å². The Morgan fingerprint density at radius 2 is 2.05 bits per heavy atom. The topological polar surface area (TPSA) is 75.4 Å². The summed E-state index contributed by atoms with van der Waals surface area (Å²) in [6.45, 7) is 4.59. The summed E-state index contributed by atoms with van der Waals surface area (Å²) in [5, 5.41) is 2.86. The van der Waals surface area contributed by atoms with Crippen molar-refractivity contribution in [3.8, 4) is 0 Å². The molecule has 22 heavy (non-hydrogen) atoms. The maximum atomic E-state index is 12.2. The van der Waals surface area contributed by atoms with Gasteiger partial charge in [-0.15, -0.1) is 0 Å². The van der Waals surface area contributed by atoms with E-state index < -0.39 is 6.04 Å². The summed E-state index contributed by atoms with van der Waals surface area (Å²) in [6, 6.07) is 5.23. The number of hydrogen-bond acceptors (Lipinski definition) is 3. The van der Waals surface area contributed by atoms with E-state index in [2.05, 4.69) is 5.32 Å². The molecule has 1 fully saturated rings. The van der Waals surface area contributed by atoms with Crippen LogP contribution in [0.5, 0.6) is 0 Å². The molecular weight excluding hydrogens is 278 g/mol. The van der Waals surface area contributed by atoms with Crippen molar-refractivity contribution in [2.24, 2.45) is 17.6 Å². The normalized spacial score (nSPS) is 18.3. The van der Waals surface area contributed by atoms with E-state index in [1.54, 1.807) is 0 Å². The van der Waals surface area contributed by atoms with Gasteiger partial charge in [-0.2, -0.15) is 0 Å². The van der Waals surface area contributed by atoms with Crippen LogP contribution in [0.25, 0.3) is 0 Å². The van der Waals surface area contributed by atoms with Crippen LogP contribution in [0, 0.1) is 11.8 Å². The molecule has 118 valence electrons. The minimum atomic E-state index is -0.513. The Balaban J connectivity index is 1.72. The quantitative estimate of drug-likeness (QED) is 0.892. The molecule has 1 aromatic carbocycles. The first-order valence-corrected chi connectivity index (χ1v) is 7.98. The van der Waals surface area contributed by atoms with Crippen molar-refractivity contribution >= 4 is 23.2 Å². The standard InChI is InChI=1S/C17H23N3O2/c1-10(2)15(18)16(21)19-13-5-6-14-12(9-13)7-8-20(14)17(22)11-3-4-11/h5-6,9-11,15H,3-4,7-8,18H2,1-2H3,(H,19,21)/t15-/m0/s1. The molecule has 0 spiro atoms. The van der Waals surface area contributed by atoms with Gasteiger partial charge in [0.2, 0.25) is 11.8 Å². The molecule has 1 saturated carbocycles. The first-order chi connectivity index (χ1) is 10.5. The largest absolute Gasteiger partial charge is 0.325 e. The Hall–Kier alpha value is -1.88. The molecule has 0 saturated heterocycles. The maximum absolute atomic E-state index is 12.2. The smallest absolute Gasteiger partial charge is 0.241 e. The molecule has 1 atom stereocenters. The third-order valence-electron chi connectivity index (χ3n) is 4.46. The van der Waals surface area contributed by atoms with Gasteiger partial charge in [-0.25, -0.2) is 0 Å². The number of carbonyl (C=O) groups excluding carboxylic acids is 2. The van der Waals surface area contributed by atoms with Crippen LogP contribution in [0.1, 0.15) is 32.3 Å². The van der Waals surface area contributed by atoms with Crippen molar-refractivity contribution < 1.29 is 9.59 Å². The third kappa shape index (κ3) is 2.86. The molecule has 2 aliphatic rings. The Labute approximate surface area is 130 Å². The second kappa shape index (κ2) is 5.72. The molecule has 1 aliphatic carbocycles. The van der Waals surface area contributed by atoms with Crippen molar-refractivity contribution in [3.05, 3.63) is 23.8 Å². The molecule has 0 aromatic heterocycles. The number of nitrogens with one attached hydrogen (secondary N) is 1. The van der Waals surface area contributed by atoms with Crippen LogP contribution < -0.4 is 16.0 Å². The zero-order chi connectivity index (χ0) is 15.9. The highest BCUT2D eigenvalue weighted by molar-refractivity contribution is 5.99. The summed E-state index contributed by atoms with van der Waals surface area (Å²) in [5.74, 6) is 0.409. The van der Waals surface area contributed by atoms with E-state index >= 15 is 0 Å². The molecule has 5 nitrogen and oxygen atoms in total. The molecule has 1 aliphatic heterocycles. The fourth-order valence-corrected chi connectivity index (χ4v) is 2.79. The van der Waals surface area contributed by atoms with E-state index in [1.807, 2.05) is 36.9 Å². The molecule has 1 aromatic rings. The molecule has 3 rings (SSSR count). The summed E-state index contributed by atoms with van der Waals surface area (Å²) in [6.07, 6.45) is 2.88. The van der Waals surface area contributed by atoms with Crippen molar-refractivity contribution in [3.63, 3.8) is 0 Å². The highest BCUT2D eigenvalue weighted by atomic mass is 16.2. The van der Waals surface area contributed by atoms with Gasteiger partial charge >= 0.3 is 0 Å². The van der Waals surface area contributed by atoms with Gasteiger partial charge in [-0.05, 0) is 48.9 Å². The van der Waals surface area contributed by atoms with Crippen LogP contribution >= 0.6 is 0 Å². The van der Waals surface area contributed by atoms with Gasteiger partial charge in [0.05, 0.1) is 6.04 Å². The maximum Gasteiger partial charge on any atom is 0.241 e. The Bertz CT molecular complexity index is 608. The average molecular weight is 301 g/mol. The van der Waals surface area contributed by atoms with E-state index in [1.165, 1.54) is 0 Å². The third-order valence-corrected chi connectivity index (χ3v) is 4.46. The highest BCUT2D eigenvalue weighted by Gasteiger charge is 2.36. The fraction of sp³-hybridized carbons (Fsp3) is 0.529. The lowest BCUT2D eigenvalue weighted by Crippen LogP contribution is -2.39. The highest BCUT2D eigenvalue weighted by Crippen LogP contribution is 2.37. The zero-order valence-corrected chi connectivity index (χ0v) is 13.1. The van der Waals surface area contributed by atoms with Gasteiger partial charge in [-0.1, -0.05) is 13.8 Å². The van der Waals surface area contributed by atoms with Crippen LogP contribution in [-0.4, -0.2) is 24.4 Å². The first kappa shape index (κ1) is 15.0. The Kier molecular flexibility index (Phi) is 3.91. The van der Waals surface area contributed by atoms with Crippen molar-refractivity contribution in [1.82, 2.24) is 0 Å². The van der Waals surface area contributed by atoms with E-state index in [-0.39, 0.29) is 23.7 Å². The second-order valence-electron chi connectivity index (χ2n) is 6.62. The Morgan fingerprint density at radius 1 is 1.32 bits per heavy atom. The monoisotopic (exact) mass is 301 g/mol. The summed E-state index contributed by atoms with van der Waals surface area (Å²) in [7, 11) is 0. The van der Waals surface area contributed by atoms with E-state index in [4.69, 9.17) is 5.73 Å². The summed E-state index contributed by atoms with van der Waals surface area (Å²) >= 11 is 0. The van der Waals surface area contributed by atoms with Crippen molar-refractivity contribution in [2.45, 2.75) is 39.2 Å². The predicted molar refractivity (Wildman–Crippen MR) is 86.7 cm³/mol. The number of rotatable bonds is 4. The minimum Gasteiger partial charge on any atom is -0.325 e. The number of fused-ring (bicyclic) bond motifs is 1. The van der Waals surface area contributed by atoms with Crippen molar-refractivity contribution in [1.29, 1.82) is 0 Å². The summed E-state index contributed by atoms with van der Waals surface area (Å²) in [5.41, 5.74) is 8.71. The number of nitrogens with two attached hydrogens (primary N) is 1. The number of amides is 2. The summed E-state index contributed by atoms with van der Waals surface area (Å²) in [4.78, 5) is 26.1. The zero-order valence-electron chi connectivity index (χ0n) is 13.1. The van der Waals surface area contributed by atoms with Gasteiger partial charge in [0.1, 0.15) is 0 Å². The molecule has 5 heteroatoms. The lowest BCUT2D eigenvalue weighted by Gasteiger charge is -2.18. The molecule has 3 N–H and O–H groups in total. The Morgan fingerprint density at radius 3 is 2.68 bits per heavy atom. The number of carbonyl (C=O) groups is 2. The number of nitrogens with zero attached hydrogens (tertiary/aromatic N) is 1. The summed E-state index contributed by atoms with van der Waals surface area (Å²) < 4.78 is 0. The minimum absolute atomic E-state index is 0.0982. The van der Waals surface area contributed by atoms with Gasteiger partial charge in [0, 0.05) is 23.8 Å². The van der Waals surface area contributed by atoms with Crippen LogP contribution in [0.15, 0.2) is 18.2 Å². The lowest BCUT2D eigenvalue weighted by atomic mass is 10.0. The fourth-order valence-electron chi connectivity index (χ4n) is 2.79. The molecular formula is C17H23N3O2. The van der Waals surface area contributed by atoms with Crippen LogP contribution in [0.3, 0.4) is 0 Å².